The van der Waals surface area contributed by atoms with E-state index in [2.05, 4.69) is 12.0 Å². The van der Waals surface area contributed by atoms with Gasteiger partial charge in [-0.1, -0.05) is 13.3 Å². The first-order valence-corrected chi connectivity index (χ1v) is 4.45. The third-order valence-electron chi connectivity index (χ3n) is 2.09. The molecule has 0 spiro atoms. The zero-order valence-electron chi connectivity index (χ0n) is 7.95. The normalized spacial score (nSPS) is 22.4. The fraction of sp³-hybridized carbons (Fsp3) is 0.750. The number of hydroxylamine groups is 1. The molecule has 13 heavy (non-hydrogen) atoms. The minimum atomic E-state index is -0.628. The van der Waals surface area contributed by atoms with E-state index in [0.29, 0.717) is 0 Å². The van der Waals surface area contributed by atoms with E-state index in [1.165, 1.54) is 5.01 Å². The van der Waals surface area contributed by atoms with Crippen molar-refractivity contribution in [3.05, 3.63) is 0 Å². The molecular weight excluding hydrogens is 170 g/mol. The number of likely N-dealkylation sites (N-methyl/N-ethyl adjacent to an activating group) is 1. The minimum absolute atomic E-state index is 0.200. The number of hydrogen-bond acceptors (Lipinski definition) is 4. The van der Waals surface area contributed by atoms with Crippen LogP contribution >= 0.6 is 0 Å². The lowest BCUT2D eigenvalue weighted by Crippen LogP contribution is -2.40. The van der Waals surface area contributed by atoms with E-state index in [1.54, 1.807) is 7.05 Å². The Morgan fingerprint density at radius 3 is 2.92 bits per heavy atom. The van der Waals surface area contributed by atoms with E-state index in [-0.39, 0.29) is 5.91 Å². The molecule has 0 aromatic carbocycles. The van der Waals surface area contributed by atoms with Crippen molar-refractivity contribution < 1.29 is 10.0 Å². The van der Waals surface area contributed by atoms with Crippen LogP contribution in [0.15, 0.2) is 5.10 Å². The van der Waals surface area contributed by atoms with Gasteiger partial charge in [0.05, 0.1) is 5.71 Å². The average molecular weight is 185 g/mol. The van der Waals surface area contributed by atoms with Crippen molar-refractivity contribution in [2.24, 2.45) is 5.10 Å². The number of hydrazone groups is 1. The Labute approximate surface area is 77.4 Å². The van der Waals surface area contributed by atoms with Gasteiger partial charge in [-0.2, -0.15) is 10.6 Å². The zero-order chi connectivity index (χ0) is 9.84. The van der Waals surface area contributed by atoms with E-state index in [0.717, 1.165) is 25.0 Å². The van der Waals surface area contributed by atoms with Crippen LogP contribution < -0.4 is 5.48 Å². The monoisotopic (exact) mass is 185 g/mol. The van der Waals surface area contributed by atoms with Crippen LogP contribution in [0.3, 0.4) is 0 Å². The highest BCUT2D eigenvalue weighted by atomic mass is 16.5. The molecule has 5 nitrogen and oxygen atoms in total. The highest BCUT2D eigenvalue weighted by Gasteiger charge is 2.32. The van der Waals surface area contributed by atoms with Crippen LogP contribution in [-0.4, -0.2) is 34.9 Å². The molecule has 0 saturated heterocycles. The molecule has 1 aliphatic rings. The maximum absolute atomic E-state index is 11.3. The van der Waals surface area contributed by atoms with Crippen LogP contribution in [0.1, 0.15) is 26.2 Å². The van der Waals surface area contributed by atoms with Gasteiger partial charge in [0.1, 0.15) is 0 Å². The summed E-state index contributed by atoms with van der Waals surface area (Å²) in [5.74, 6) is -0.200. The minimum Gasteiger partial charge on any atom is -0.316 e. The lowest BCUT2D eigenvalue weighted by molar-refractivity contribution is -0.130. The summed E-state index contributed by atoms with van der Waals surface area (Å²) in [5, 5.41) is 14.0. The molecule has 1 amide bonds. The van der Waals surface area contributed by atoms with Gasteiger partial charge < -0.3 is 5.21 Å². The van der Waals surface area contributed by atoms with Gasteiger partial charge in [-0.05, 0) is 12.8 Å². The van der Waals surface area contributed by atoms with Crippen molar-refractivity contribution >= 4 is 11.6 Å². The highest BCUT2D eigenvalue weighted by molar-refractivity contribution is 6.11. The molecule has 1 rings (SSSR count). The number of unbranched alkanes of at least 4 members (excludes halogenated alkanes) is 1. The summed E-state index contributed by atoms with van der Waals surface area (Å²) in [6.07, 6.45) is 2.79. The summed E-state index contributed by atoms with van der Waals surface area (Å²) in [6, 6.07) is -0.628. The molecular formula is C8H15N3O2. The quantitative estimate of drug-likeness (QED) is 0.621. The average Bonchev–Trinajstić information content (AvgIpc) is 2.39. The van der Waals surface area contributed by atoms with Crippen molar-refractivity contribution in [3.63, 3.8) is 0 Å². The molecule has 0 fully saturated rings. The number of nitrogens with one attached hydrogen (secondary N) is 1. The molecule has 0 aliphatic carbocycles. The van der Waals surface area contributed by atoms with Gasteiger partial charge >= 0.3 is 0 Å². The van der Waals surface area contributed by atoms with Crippen molar-refractivity contribution in [2.45, 2.75) is 32.2 Å². The van der Waals surface area contributed by atoms with E-state index in [4.69, 9.17) is 5.21 Å². The predicted molar refractivity (Wildman–Crippen MR) is 48.4 cm³/mol. The third-order valence-corrected chi connectivity index (χ3v) is 2.09. The topological polar surface area (TPSA) is 64.9 Å². The van der Waals surface area contributed by atoms with E-state index in [1.807, 2.05) is 5.48 Å². The van der Waals surface area contributed by atoms with Crippen molar-refractivity contribution in [1.29, 1.82) is 0 Å². The van der Waals surface area contributed by atoms with E-state index >= 15 is 0 Å². The van der Waals surface area contributed by atoms with Crippen molar-refractivity contribution in [3.8, 4) is 0 Å². The second-order valence-corrected chi connectivity index (χ2v) is 3.12. The second-order valence-electron chi connectivity index (χ2n) is 3.12. The molecule has 5 heteroatoms. The van der Waals surface area contributed by atoms with Gasteiger partial charge in [-0.25, -0.2) is 5.01 Å². The Morgan fingerprint density at radius 1 is 1.69 bits per heavy atom. The lowest BCUT2D eigenvalue weighted by Gasteiger charge is -2.07. The summed E-state index contributed by atoms with van der Waals surface area (Å²) in [5.41, 5.74) is 2.70. The van der Waals surface area contributed by atoms with Crippen LogP contribution in [0, 0.1) is 0 Å². The lowest BCUT2D eigenvalue weighted by atomic mass is 10.1. The SMILES string of the molecule is CCCCC1=NN(C)C(=O)C1NO. The third kappa shape index (κ3) is 2.05. The van der Waals surface area contributed by atoms with E-state index in [9.17, 15) is 4.79 Å². The molecule has 0 aromatic heterocycles. The summed E-state index contributed by atoms with van der Waals surface area (Å²) >= 11 is 0. The van der Waals surface area contributed by atoms with Crippen molar-refractivity contribution in [2.75, 3.05) is 7.05 Å². The van der Waals surface area contributed by atoms with Gasteiger partial charge in [0.25, 0.3) is 5.91 Å². The van der Waals surface area contributed by atoms with Crippen molar-refractivity contribution in [1.82, 2.24) is 10.5 Å². The van der Waals surface area contributed by atoms with Crippen LogP contribution in [0.4, 0.5) is 0 Å². The Balaban J connectivity index is 2.61. The molecule has 1 unspecified atom stereocenters. The molecule has 2 N–H and O–H groups in total. The number of rotatable bonds is 4. The van der Waals surface area contributed by atoms with Gasteiger partial charge in [0.2, 0.25) is 0 Å². The maximum atomic E-state index is 11.3. The molecule has 0 bridgehead atoms. The highest BCUT2D eigenvalue weighted by Crippen LogP contribution is 2.11. The summed E-state index contributed by atoms with van der Waals surface area (Å²) in [7, 11) is 1.59. The smallest absolute Gasteiger partial charge is 0.267 e. The summed E-state index contributed by atoms with van der Waals surface area (Å²) < 4.78 is 0. The fourth-order valence-electron chi connectivity index (χ4n) is 1.31. The molecule has 0 saturated carbocycles. The number of carbonyl (C=O) groups is 1. The Kier molecular flexibility index (Phi) is 3.39. The molecule has 1 heterocycles. The molecule has 1 aliphatic heterocycles. The molecule has 0 aromatic rings. The van der Waals surface area contributed by atoms with Gasteiger partial charge in [0.15, 0.2) is 6.04 Å². The van der Waals surface area contributed by atoms with Crippen LogP contribution in [0.25, 0.3) is 0 Å². The number of amides is 1. The largest absolute Gasteiger partial charge is 0.316 e. The van der Waals surface area contributed by atoms with Gasteiger partial charge in [0, 0.05) is 7.05 Å². The Hall–Kier alpha value is -0.940. The number of hydrogen-bond donors (Lipinski definition) is 2. The maximum Gasteiger partial charge on any atom is 0.267 e. The van der Waals surface area contributed by atoms with E-state index < -0.39 is 6.04 Å². The summed E-state index contributed by atoms with van der Waals surface area (Å²) in [4.78, 5) is 11.3. The van der Waals surface area contributed by atoms with Gasteiger partial charge in [-0.15, -0.1) is 0 Å². The van der Waals surface area contributed by atoms with Crippen LogP contribution in [0.5, 0.6) is 0 Å². The Bertz CT molecular complexity index is 227. The first kappa shape index (κ1) is 10.1. The van der Waals surface area contributed by atoms with Crippen LogP contribution in [-0.2, 0) is 4.79 Å². The van der Waals surface area contributed by atoms with Gasteiger partial charge in [-0.3, -0.25) is 4.79 Å². The molecule has 74 valence electrons. The molecule has 1 atom stereocenters. The zero-order valence-corrected chi connectivity index (χ0v) is 7.95. The predicted octanol–water partition coefficient (Wildman–Crippen LogP) is 0.352. The Morgan fingerprint density at radius 2 is 2.38 bits per heavy atom. The van der Waals surface area contributed by atoms with Crippen LogP contribution in [0.2, 0.25) is 0 Å². The first-order valence-electron chi connectivity index (χ1n) is 4.45. The number of nitrogens with zero attached hydrogens (tertiary/aromatic N) is 2. The standard InChI is InChI=1S/C8H15N3O2/c1-3-4-5-6-7(10-13)8(12)11(2)9-6/h7,10,13H,3-5H2,1-2H3. The summed E-state index contributed by atoms with van der Waals surface area (Å²) in [6.45, 7) is 2.07. The first-order chi connectivity index (χ1) is 6.20. The molecule has 0 radical (unpaired) electrons. The number of carbonyl (C=O) groups excluding carboxylic acids is 1. The fourth-order valence-corrected chi connectivity index (χ4v) is 1.31. The second kappa shape index (κ2) is 4.34.